The van der Waals surface area contributed by atoms with Crippen molar-refractivity contribution in [2.24, 2.45) is 0 Å². The van der Waals surface area contributed by atoms with Gasteiger partial charge in [0.1, 0.15) is 0 Å². The molecule has 0 fully saturated rings. The van der Waals surface area contributed by atoms with E-state index in [-0.39, 0.29) is 0 Å². The lowest BCUT2D eigenvalue weighted by molar-refractivity contribution is 0.534. The lowest BCUT2D eigenvalue weighted by Gasteiger charge is -2.03. The highest BCUT2D eigenvalue weighted by molar-refractivity contribution is 4.92. The maximum atomic E-state index is 2.44. The molecule has 0 unspecified atom stereocenters. The minimum absolute atomic E-state index is 1.13. The fraction of sp³-hybridized carbons (Fsp3) is 0.833. The van der Waals surface area contributed by atoms with Crippen LogP contribution in [-0.2, 0) is 0 Å². The summed E-state index contributed by atoms with van der Waals surface area (Å²) in [6, 6.07) is 0. The third kappa shape index (κ3) is 33.2. The molecule has 0 heterocycles. The molecule has 0 aliphatic rings. The van der Waals surface area contributed by atoms with Crippen LogP contribution >= 0.6 is 0 Å². The predicted molar refractivity (Wildman–Crippen MR) is 168 cm³/mol. The number of unbranched alkanes of at least 4 members (excludes halogenated alkanes) is 24. The Kier molecular flexibility index (Phi) is 33.5. The van der Waals surface area contributed by atoms with Gasteiger partial charge in [-0.15, -0.1) is 0 Å². The van der Waals surface area contributed by atoms with Gasteiger partial charge in [-0.05, 0) is 57.8 Å². The van der Waals surface area contributed by atoms with Gasteiger partial charge in [0, 0.05) is 0 Å². The second-order valence-electron chi connectivity index (χ2n) is 11.2. The van der Waals surface area contributed by atoms with Crippen LogP contribution in [0, 0.1) is 0 Å². The second-order valence-corrected chi connectivity index (χ2v) is 11.2. The van der Waals surface area contributed by atoms with Gasteiger partial charge in [0.25, 0.3) is 0 Å². The van der Waals surface area contributed by atoms with Crippen molar-refractivity contribution >= 4 is 0 Å². The average molecular weight is 501 g/mol. The van der Waals surface area contributed by atoms with Gasteiger partial charge in [-0.1, -0.05) is 172 Å². The van der Waals surface area contributed by atoms with Crippen molar-refractivity contribution in [1.82, 2.24) is 0 Å². The molecular formula is C36H68. The maximum absolute atomic E-state index is 2.44. The van der Waals surface area contributed by atoms with Crippen LogP contribution in [0.3, 0.4) is 0 Å². The summed E-state index contributed by atoms with van der Waals surface area (Å²) in [7, 11) is 0. The van der Waals surface area contributed by atoms with Gasteiger partial charge in [0.2, 0.25) is 0 Å². The first-order chi connectivity index (χ1) is 17.9. The molecule has 36 heavy (non-hydrogen) atoms. The van der Waals surface area contributed by atoms with Crippen LogP contribution in [0.2, 0.25) is 0 Å². The molecule has 0 spiro atoms. The molecule has 212 valence electrons. The van der Waals surface area contributed by atoms with E-state index in [9.17, 15) is 0 Å². The van der Waals surface area contributed by atoms with Gasteiger partial charge in [-0.3, -0.25) is 0 Å². The van der Waals surface area contributed by atoms with Crippen molar-refractivity contribution in [3.63, 3.8) is 0 Å². The molecule has 0 aromatic heterocycles. The van der Waals surface area contributed by atoms with Gasteiger partial charge < -0.3 is 0 Å². The molecular weight excluding hydrogens is 432 g/mol. The molecule has 0 aliphatic heterocycles. The summed E-state index contributed by atoms with van der Waals surface area (Å²) < 4.78 is 0. The molecule has 0 nitrogen and oxygen atoms in total. The Bertz CT molecular complexity index is 455. The van der Waals surface area contributed by atoms with Crippen molar-refractivity contribution < 1.29 is 0 Å². The van der Waals surface area contributed by atoms with Crippen LogP contribution in [0.1, 0.15) is 194 Å². The first kappa shape index (κ1) is 35.2. The van der Waals surface area contributed by atoms with Gasteiger partial charge in [-0.25, -0.2) is 0 Å². The Morgan fingerprint density at radius 2 is 0.472 bits per heavy atom. The van der Waals surface area contributed by atoms with Gasteiger partial charge >= 0.3 is 0 Å². The number of hydrogen-bond donors (Lipinski definition) is 0. The van der Waals surface area contributed by atoms with E-state index in [1.807, 2.05) is 0 Å². The van der Waals surface area contributed by atoms with Crippen LogP contribution in [0.15, 0.2) is 36.5 Å². The van der Waals surface area contributed by atoms with E-state index in [1.165, 1.54) is 173 Å². The molecule has 0 saturated heterocycles. The summed E-state index contributed by atoms with van der Waals surface area (Å²) in [5, 5.41) is 0. The van der Waals surface area contributed by atoms with Crippen LogP contribution in [0.25, 0.3) is 0 Å². The van der Waals surface area contributed by atoms with Crippen molar-refractivity contribution in [2.75, 3.05) is 0 Å². The average Bonchev–Trinajstić information content (AvgIpc) is 2.89. The van der Waals surface area contributed by atoms with Gasteiger partial charge in [-0.2, -0.15) is 0 Å². The lowest BCUT2D eigenvalue weighted by Crippen LogP contribution is -1.83. The van der Waals surface area contributed by atoms with Crippen LogP contribution in [0.4, 0.5) is 0 Å². The Labute approximate surface area is 229 Å². The molecule has 0 bridgehead atoms. The SMILES string of the molecule is CCCCC/C=C\C/C=C\CCCCCCCCCCCCCCCC/C=C\CCCCCCCC. The highest BCUT2D eigenvalue weighted by Gasteiger charge is 1.94. The summed E-state index contributed by atoms with van der Waals surface area (Å²) in [5.74, 6) is 0. The monoisotopic (exact) mass is 501 g/mol. The summed E-state index contributed by atoms with van der Waals surface area (Å²) >= 11 is 0. The topological polar surface area (TPSA) is 0 Å². The summed E-state index contributed by atoms with van der Waals surface area (Å²) in [6.45, 7) is 4.57. The molecule has 0 atom stereocenters. The zero-order valence-electron chi connectivity index (χ0n) is 25.3. The highest BCUT2D eigenvalue weighted by Crippen LogP contribution is 2.14. The molecule has 0 rings (SSSR count). The number of rotatable bonds is 30. The summed E-state index contributed by atoms with van der Waals surface area (Å²) in [6.07, 6.45) is 53.4. The molecule has 0 N–H and O–H groups in total. The standard InChI is InChI=1S/C36H68/c1-3-5-7-9-11-13-15-17-19-21-23-25-27-29-31-33-35-36-34-32-30-28-26-24-22-20-18-16-14-12-10-8-6-4-2/h11,13,17-20H,3-10,12,14-16,21-36H2,1-2H3/b13-11-,19-17-,20-18-. The smallest absolute Gasteiger partial charge is 0.0169 e. The highest BCUT2D eigenvalue weighted by atomic mass is 14.0. The molecule has 0 aromatic carbocycles. The second kappa shape index (κ2) is 34.2. The molecule has 0 aliphatic carbocycles. The first-order valence-electron chi connectivity index (χ1n) is 16.9. The largest absolute Gasteiger partial charge is 0.0885 e. The Morgan fingerprint density at radius 1 is 0.250 bits per heavy atom. The van der Waals surface area contributed by atoms with Crippen molar-refractivity contribution in [3.8, 4) is 0 Å². The molecule has 0 heteroatoms. The number of hydrogen-bond acceptors (Lipinski definition) is 0. The first-order valence-corrected chi connectivity index (χ1v) is 16.9. The van der Waals surface area contributed by atoms with E-state index < -0.39 is 0 Å². The van der Waals surface area contributed by atoms with Gasteiger partial charge in [0.05, 0.1) is 0 Å². The Morgan fingerprint density at radius 3 is 0.806 bits per heavy atom. The molecule has 0 radical (unpaired) electrons. The van der Waals surface area contributed by atoms with Crippen LogP contribution in [-0.4, -0.2) is 0 Å². The van der Waals surface area contributed by atoms with E-state index in [0.29, 0.717) is 0 Å². The van der Waals surface area contributed by atoms with E-state index in [4.69, 9.17) is 0 Å². The quantitative estimate of drug-likeness (QED) is 0.0679. The summed E-state index contributed by atoms with van der Waals surface area (Å²) in [4.78, 5) is 0. The number of allylic oxidation sites excluding steroid dienone is 6. The Hall–Kier alpha value is -0.780. The predicted octanol–water partition coefficient (Wildman–Crippen LogP) is 13.6. The maximum Gasteiger partial charge on any atom is -0.0169 e. The molecule has 0 aromatic rings. The van der Waals surface area contributed by atoms with E-state index >= 15 is 0 Å². The van der Waals surface area contributed by atoms with E-state index in [0.717, 1.165) is 6.42 Å². The third-order valence-corrected chi connectivity index (χ3v) is 7.46. The van der Waals surface area contributed by atoms with Crippen molar-refractivity contribution in [3.05, 3.63) is 36.5 Å². The van der Waals surface area contributed by atoms with Crippen molar-refractivity contribution in [1.29, 1.82) is 0 Å². The Balaban J connectivity index is 3.13. The minimum atomic E-state index is 1.13. The third-order valence-electron chi connectivity index (χ3n) is 7.46. The summed E-state index contributed by atoms with van der Waals surface area (Å²) in [5.41, 5.74) is 0. The van der Waals surface area contributed by atoms with E-state index in [1.54, 1.807) is 0 Å². The molecule has 0 saturated carbocycles. The van der Waals surface area contributed by atoms with Crippen LogP contribution < -0.4 is 0 Å². The lowest BCUT2D eigenvalue weighted by atomic mass is 10.0. The van der Waals surface area contributed by atoms with Crippen LogP contribution in [0.5, 0.6) is 0 Å². The molecule has 0 amide bonds. The zero-order valence-corrected chi connectivity index (χ0v) is 25.3. The fourth-order valence-corrected chi connectivity index (χ4v) is 4.94. The van der Waals surface area contributed by atoms with Crippen molar-refractivity contribution in [2.45, 2.75) is 194 Å². The minimum Gasteiger partial charge on any atom is -0.0885 e. The zero-order chi connectivity index (χ0) is 26.0. The van der Waals surface area contributed by atoms with Gasteiger partial charge in [0.15, 0.2) is 0 Å². The fourth-order valence-electron chi connectivity index (χ4n) is 4.94. The normalized spacial score (nSPS) is 12.2. The van der Waals surface area contributed by atoms with E-state index in [2.05, 4.69) is 50.3 Å².